The maximum atomic E-state index is 13.1. The SMILES string of the molecule is Cc1ccc2c(C3CC3)nn([C@H]3C[C@H](CNc4ccc5c(c4)C(=O)N(C4CCC(=O)NC4=O)C5=O)C3)c2n1. The van der Waals surface area contributed by atoms with Crippen molar-refractivity contribution < 1.29 is 19.2 Å². The van der Waals surface area contributed by atoms with Gasteiger partial charge in [0.2, 0.25) is 11.8 Å². The molecule has 3 fully saturated rings. The number of nitrogens with one attached hydrogen (secondary N) is 2. The van der Waals surface area contributed by atoms with Crippen molar-refractivity contribution in [3.63, 3.8) is 0 Å². The minimum atomic E-state index is -0.958. The molecule has 0 spiro atoms. The Morgan fingerprint density at radius 1 is 1.00 bits per heavy atom. The molecule has 3 aromatic rings. The number of carbonyl (C=O) groups excluding carboxylic acids is 4. The van der Waals surface area contributed by atoms with E-state index in [1.54, 1.807) is 18.2 Å². The average Bonchev–Trinajstić information content (AvgIpc) is 3.61. The highest BCUT2D eigenvalue weighted by molar-refractivity contribution is 6.23. The van der Waals surface area contributed by atoms with Crippen molar-refractivity contribution in [1.82, 2.24) is 25.0 Å². The number of hydrogen-bond donors (Lipinski definition) is 2. The van der Waals surface area contributed by atoms with Crippen molar-refractivity contribution in [3.05, 3.63) is 52.8 Å². The molecule has 2 aromatic heterocycles. The van der Waals surface area contributed by atoms with Gasteiger partial charge in [0.05, 0.1) is 22.9 Å². The van der Waals surface area contributed by atoms with Crippen LogP contribution < -0.4 is 10.6 Å². The molecule has 1 unspecified atom stereocenters. The quantitative estimate of drug-likeness (QED) is 0.486. The number of aryl methyl sites for hydroxylation is 1. The molecule has 7 rings (SSSR count). The third-order valence-electron chi connectivity index (χ3n) is 8.28. The van der Waals surface area contributed by atoms with Crippen LogP contribution in [0.1, 0.15) is 82.6 Å². The van der Waals surface area contributed by atoms with Crippen LogP contribution >= 0.6 is 0 Å². The second kappa shape index (κ2) is 8.47. The van der Waals surface area contributed by atoms with Gasteiger partial charge in [-0.05, 0) is 75.3 Å². The number of aromatic nitrogens is 3. The molecule has 2 aliphatic heterocycles. The first-order valence-electron chi connectivity index (χ1n) is 13.3. The number of carbonyl (C=O) groups is 4. The molecule has 4 aliphatic rings. The Morgan fingerprint density at radius 2 is 1.79 bits per heavy atom. The summed E-state index contributed by atoms with van der Waals surface area (Å²) in [5, 5.41) is 11.8. The number of rotatable bonds is 6. The predicted octanol–water partition coefficient (Wildman–Crippen LogP) is 3.08. The third-order valence-corrected chi connectivity index (χ3v) is 8.28. The van der Waals surface area contributed by atoms with Crippen molar-refractivity contribution in [3.8, 4) is 0 Å². The van der Waals surface area contributed by atoms with Crippen molar-refractivity contribution in [1.29, 1.82) is 0 Å². The summed E-state index contributed by atoms with van der Waals surface area (Å²) in [7, 11) is 0. The first-order valence-corrected chi connectivity index (χ1v) is 13.3. The van der Waals surface area contributed by atoms with Crippen LogP contribution in [0.2, 0.25) is 0 Å². The molecular formula is C28H28N6O4. The smallest absolute Gasteiger partial charge is 0.262 e. The van der Waals surface area contributed by atoms with Crippen LogP contribution in [0.4, 0.5) is 5.69 Å². The van der Waals surface area contributed by atoms with Crippen LogP contribution in [-0.4, -0.2) is 55.9 Å². The fraction of sp³-hybridized carbons (Fsp3) is 0.429. The van der Waals surface area contributed by atoms with Gasteiger partial charge in [-0.25, -0.2) is 9.67 Å². The van der Waals surface area contributed by atoms with Gasteiger partial charge in [-0.1, -0.05) is 0 Å². The van der Waals surface area contributed by atoms with Gasteiger partial charge in [-0.15, -0.1) is 0 Å². The van der Waals surface area contributed by atoms with Gasteiger partial charge in [0, 0.05) is 35.7 Å². The number of pyridine rings is 1. The lowest BCUT2D eigenvalue weighted by atomic mass is 9.80. The van der Waals surface area contributed by atoms with Gasteiger partial charge in [-0.2, -0.15) is 5.10 Å². The molecule has 1 aromatic carbocycles. The maximum Gasteiger partial charge on any atom is 0.262 e. The minimum absolute atomic E-state index is 0.102. The summed E-state index contributed by atoms with van der Waals surface area (Å²) in [6.45, 7) is 2.76. The summed E-state index contributed by atoms with van der Waals surface area (Å²) in [5.41, 5.74) is 4.51. The van der Waals surface area contributed by atoms with Crippen molar-refractivity contribution in [2.45, 2.75) is 63.5 Å². The number of hydrogen-bond acceptors (Lipinski definition) is 7. The molecule has 194 valence electrons. The first kappa shape index (κ1) is 23.1. The van der Waals surface area contributed by atoms with Crippen LogP contribution in [0.3, 0.4) is 0 Å². The van der Waals surface area contributed by atoms with Crippen LogP contribution in [0.15, 0.2) is 30.3 Å². The average molecular weight is 513 g/mol. The highest BCUT2D eigenvalue weighted by atomic mass is 16.2. The summed E-state index contributed by atoms with van der Waals surface area (Å²) < 4.78 is 2.13. The summed E-state index contributed by atoms with van der Waals surface area (Å²) in [4.78, 5) is 55.5. The van der Waals surface area contributed by atoms with E-state index in [1.807, 2.05) is 6.92 Å². The Kier molecular flexibility index (Phi) is 5.14. The number of imide groups is 2. The predicted molar refractivity (Wildman–Crippen MR) is 138 cm³/mol. The van der Waals surface area contributed by atoms with E-state index in [1.165, 1.54) is 23.9 Å². The van der Waals surface area contributed by atoms with Gasteiger partial charge in [0.25, 0.3) is 11.8 Å². The van der Waals surface area contributed by atoms with Gasteiger partial charge < -0.3 is 5.32 Å². The number of anilines is 1. The monoisotopic (exact) mass is 512 g/mol. The van der Waals surface area contributed by atoms with E-state index < -0.39 is 23.8 Å². The molecule has 10 nitrogen and oxygen atoms in total. The van der Waals surface area contributed by atoms with E-state index in [2.05, 4.69) is 27.4 Å². The van der Waals surface area contributed by atoms with E-state index in [0.717, 1.165) is 41.3 Å². The topological polar surface area (TPSA) is 126 Å². The van der Waals surface area contributed by atoms with Crippen LogP contribution in [0.25, 0.3) is 11.0 Å². The Bertz CT molecular complexity index is 1530. The zero-order valence-corrected chi connectivity index (χ0v) is 21.1. The zero-order chi connectivity index (χ0) is 26.1. The summed E-state index contributed by atoms with van der Waals surface area (Å²) in [6.07, 6.45) is 4.65. The molecule has 0 bridgehead atoms. The molecule has 2 N–H and O–H groups in total. The minimum Gasteiger partial charge on any atom is -0.385 e. The fourth-order valence-electron chi connectivity index (χ4n) is 5.96. The Labute approximate surface area is 218 Å². The molecule has 4 amide bonds. The molecule has 2 saturated carbocycles. The van der Waals surface area contributed by atoms with E-state index in [9.17, 15) is 19.2 Å². The first-order chi connectivity index (χ1) is 18.4. The molecule has 38 heavy (non-hydrogen) atoms. The van der Waals surface area contributed by atoms with E-state index in [4.69, 9.17) is 10.1 Å². The normalized spacial score (nSPS) is 25.0. The van der Waals surface area contributed by atoms with Crippen molar-refractivity contribution in [2.75, 3.05) is 11.9 Å². The van der Waals surface area contributed by atoms with Gasteiger partial charge in [0.15, 0.2) is 5.65 Å². The maximum absolute atomic E-state index is 13.1. The van der Waals surface area contributed by atoms with Crippen LogP contribution in [-0.2, 0) is 9.59 Å². The lowest BCUT2D eigenvalue weighted by molar-refractivity contribution is -0.136. The lowest BCUT2D eigenvalue weighted by Crippen LogP contribution is -2.54. The van der Waals surface area contributed by atoms with E-state index >= 15 is 0 Å². The fourth-order valence-corrected chi connectivity index (χ4v) is 5.96. The van der Waals surface area contributed by atoms with Gasteiger partial charge >= 0.3 is 0 Å². The molecule has 4 heterocycles. The second-order valence-corrected chi connectivity index (χ2v) is 11.0. The standard InChI is InChI=1S/C28H28N6O4/c1-14-2-6-20-24(16-3-4-16)32-34(25(20)30-14)18-10-15(11-18)13-29-17-5-7-19-21(12-17)28(38)33(27(19)37)22-8-9-23(35)31-26(22)36/h2,5-7,12,15-16,18,22,29H,3-4,8-11,13H2,1H3,(H,31,35,36)/t15-,18-,22?. The Balaban J connectivity index is 1.01. The zero-order valence-electron chi connectivity index (χ0n) is 21.1. The lowest BCUT2D eigenvalue weighted by Gasteiger charge is -2.36. The van der Waals surface area contributed by atoms with E-state index in [-0.39, 0.29) is 29.9 Å². The Morgan fingerprint density at radius 3 is 2.55 bits per heavy atom. The highest BCUT2D eigenvalue weighted by Crippen LogP contribution is 2.45. The molecule has 2 aliphatic carbocycles. The molecular weight excluding hydrogens is 484 g/mol. The van der Waals surface area contributed by atoms with Crippen LogP contribution in [0, 0.1) is 12.8 Å². The molecule has 1 saturated heterocycles. The second-order valence-electron chi connectivity index (χ2n) is 11.0. The van der Waals surface area contributed by atoms with Gasteiger partial charge in [0.1, 0.15) is 6.04 Å². The number of benzene rings is 1. The van der Waals surface area contributed by atoms with Gasteiger partial charge in [-0.3, -0.25) is 29.4 Å². The Hall–Kier alpha value is -4.08. The van der Waals surface area contributed by atoms with Crippen LogP contribution in [0.5, 0.6) is 0 Å². The van der Waals surface area contributed by atoms with E-state index in [0.29, 0.717) is 17.9 Å². The third kappa shape index (κ3) is 3.69. The number of piperidine rings is 1. The molecule has 10 heteroatoms. The number of fused-ring (bicyclic) bond motifs is 2. The summed E-state index contributed by atoms with van der Waals surface area (Å²) in [5.74, 6) is -0.947. The largest absolute Gasteiger partial charge is 0.385 e. The number of nitrogens with zero attached hydrogens (tertiary/aromatic N) is 4. The molecule has 1 atom stereocenters. The van der Waals surface area contributed by atoms with Crippen molar-refractivity contribution in [2.24, 2.45) is 5.92 Å². The molecule has 0 radical (unpaired) electrons. The number of amides is 4. The van der Waals surface area contributed by atoms with Crippen molar-refractivity contribution >= 4 is 40.3 Å². The summed E-state index contributed by atoms with van der Waals surface area (Å²) >= 11 is 0. The highest BCUT2D eigenvalue weighted by Gasteiger charge is 2.44. The summed E-state index contributed by atoms with van der Waals surface area (Å²) in [6, 6.07) is 8.71.